The molecule has 0 unspecified atom stereocenters. The molecule has 0 bridgehead atoms. The van der Waals surface area contributed by atoms with E-state index in [9.17, 15) is 9.90 Å². The Morgan fingerprint density at radius 2 is 2.30 bits per heavy atom. The van der Waals surface area contributed by atoms with Crippen LogP contribution >= 0.6 is 22.9 Å². The number of aliphatic hydroxyl groups excluding tert-OH is 1. The van der Waals surface area contributed by atoms with Gasteiger partial charge in [0.2, 0.25) is 0 Å². The summed E-state index contributed by atoms with van der Waals surface area (Å²) in [5.74, 6) is 0.952. The highest BCUT2D eigenvalue weighted by atomic mass is 35.5. The minimum atomic E-state index is -0.317. The Balaban J connectivity index is 1.53. The summed E-state index contributed by atoms with van der Waals surface area (Å²) in [4.78, 5) is 19.0. The van der Waals surface area contributed by atoms with Crippen LogP contribution < -0.4 is 0 Å². The predicted molar refractivity (Wildman–Crippen MR) is 106 cm³/mol. The minimum Gasteiger partial charge on any atom is -0.453 e. The van der Waals surface area contributed by atoms with Crippen LogP contribution in [0.3, 0.4) is 0 Å². The molecule has 7 heteroatoms. The van der Waals surface area contributed by atoms with Gasteiger partial charge in [0.1, 0.15) is 17.3 Å². The van der Waals surface area contributed by atoms with Gasteiger partial charge in [0.15, 0.2) is 0 Å². The lowest BCUT2D eigenvalue weighted by Crippen LogP contribution is -2.11. The number of aromatic nitrogens is 2. The Morgan fingerprint density at radius 1 is 1.44 bits per heavy atom. The number of aliphatic hydroxyl groups is 1. The summed E-state index contributed by atoms with van der Waals surface area (Å²) in [5.41, 5.74) is 2.87. The van der Waals surface area contributed by atoms with Crippen LogP contribution in [-0.4, -0.2) is 27.2 Å². The first kappa shape index (κ1) is 18.5. The highest BCUT2D eigenvalue weighted by Crippen LogP contribution is 2.32. The summed E-state index contributed by atoms with van der Waals surface area (Å²) < 4.78 is 7.38. The number of esters is 1. The molecule has 27 heavy (non-hydrogen) atoms. The van der Waals surface area contributed by atoms with Crippen molar-refractivity contribution >= 4 is 39.9 Å². The first-order chi connectivity index (χ1) is 13.0. The fourth-order valence-corrected chi connectivity index (χ4v) is 4.88. The molecule has 0 aliphatic heterocycles. The lowest BCUT2D eigenvalue weighted by atomic mass is 9.90. The molecule has 0 amide bonds. The van der Waals surface area contributed by atoms with Gasteiger partial charge in [0.25, 0.3) is 0 Å². The third-order valence-electron chi connectivity index (χ3n) is 4.98. The van der Waals surface area contributed by atoms with E-state index in [4.69, 9.17) is 16.3 Å². The monoisotopic (exact) mass is 404 g/mol. The number of rotatable bonds is 5. The maximum Gasteiger partial charge on any atom is 0.348 e. The van der Waals surface area contributed by atoms with Crippen LogP contribution in [-0.2, 0) is 30.7 Å². The van der Waals surface area contributed by atoms with Crippen LogP contribution in [0, 0.1) is 5.92 Å². The Morgan fingerprint density at radius 3 is 3.11 bits per heavy atom. The van der Waals surface area contributed by atoms with E-state index in [1.54, 1.807) is 23.5 Å². The molecule has 1 aliphatic rings. The number of nitrogens with zero attached hydrogens (tertiary/aromatic N) is 2. The maximum atomic E-state index is 12.5. The average Bonchev–Trinajstić information content (AvgIpc) is 3.21. The SMILES string of the molecule is C[C@@H]1CCc2sc(C(=O)OCc3nc4ccc(Cl)cc4n3CCO)cc2C1. The van der Waals surface area contributed by atoms with Crippen LogP contribution in [0.25, 0.3) is 11.0 Å². The third-order valence-corrected chi connectivity index (χ3v) is 6.43. The van der Waals surface area contributed by atoms with Crippen LogP contribution in [0.15, 0.2) is 24.3 Å². The predicted octanol–water partition coefficient (Wildman–Crippen LogP) is 4.23. The summed E-state index contributed by atoms with van der Waals surface area (Å²) in [5, 5.41) is 9.97. The zero-order chi connectivity index (χ0) is 19.0. The van der Waals surface area contributed by atoms with Gasteiger partial charge in [-0.25, -0.2) is 9.78 Å². The Labute approximate surface area is 166 Å². The second kappa shape index (κ2) is 7.62. The molecule has 3 aromatic rings. The maximum absolute atomic E-state index is 12.5. The minimum absolute atomic E-state index is 0.0330. The van der Waals surface area contributed by atoms with E-state index in [-0.39, 0.29) is 19.2 Å². The zero-order valence-corrected chi connectivity index (χ0v) is 16.6. The number of fused-ring (bicyclic) bond motifs is 2. The van der Waals surface area contributed by atoms with E-state index in [0.717, 1.165) is 23.9 Å². The van der Waals surface area contributed by atoms with Gasteiger partial charge in [-0.2, -0.15) is 0 Å². The number of imidazole rings is 1. The van der Waals surface area contributed by atoms with Crippen LogP contribution in [0.5, 0.6) is 0 Å². The highest BCUT2D eigenvalue weighted by Gasteiger charge is 2.22. The molecule has 0 fully saturated rings. The summed E-state index contributed by atoms with van der Waals surface area (Å²) in [6.45, 7) is 2.64. The Hall–Kier alpha value is -1.89. The van der Waals surface area contributed by atoms with Gasteiger partial charge in [-0.15, -0.1) is 11.3 Å². The van der Waals surface area contributed by atoms with Crippen molar-refractivity contribution in [1.82, 2.24) is 9.55 Å². The molecule has 5 nitrogen and oxygen atoms in total. The van der Waals surface area contributed by atoms with E-state index >= 15 is 0 Å². The summed E-state index contributed by atoms with van der Waals surface area (Å²) >= 11 is 7.62. The van der Waals surface area contributed by atoms with E-state index in [0.29, 0.717) is 28.2 Å². The van der Waals surface area contributed by atoms with Gasteiger partial charge in [0, 0.05) is 16.4 Å². The molecule has 0 radical (unpaired) electrons. The molecule has 1 aliphatic carbocycles. The van der Waals surface area contributed by atoms with Crippen LogP contribution in [0.4, 0.5) is 0 Å². The van der Waals surface area contributed by atoms with E-state index < -0.39 is 0 Å². The van der Waals surface area contributed by atoms with Crippen LogP contribution in [0.2, 0.25) is 5.02 Å². The smallest absolute Gasteiger partial charge is 0.348 e. The summed E-state index contributed by atoms with van der Waals surface area (Å²) in [6.07, 6.45) is 3.25. The average molecular weight is 405 g/mol. The standard InChI is InChI=1S/C20H21ClN2O3S/c1-12-2-5-17-13(8-12)9-18(27-17)20(25)26-11-19-22-15-4-3-14(21)10-16(15)23(19)6-7-24/h3-4,9-10,12,24H,2,5-8,11H2,1H3/t12-/m1/s1. The van der Waals surface area contributed by atoms with E-state index in [1.165, 1.54) is 16.9 Å². The molecule has 0 saturated heterocycles. The number of benzene rings is 1. The quantitative estimate of drug-likeness (QED) is 0.646. The molecule has 142 valence electrons. The van der Waals surface area contributed by atoms with Gasteiger partial charge < -0.3 is 14.4 Å². The Bertz CT molecular complexity index is 995. The second-order valence-electron chi connectivity index (χ2n) is 7.02. The molecule has 1 aromatic carbocycles. The first-order valence-corrected chi connectivity index (χ1v) is 10.3. The fraction of sp³-hybridized carbons (Fsp3) is 0.400. The molecule has 4 rings (SSSR count). The van der Waals surface area contributed by atoms with Crippen molar-refractivity contribution in [2.24, 2.45) is 5.92 Å². The molecule has 1 atom stereocenters. The number of carbonyl (C=O) groups is 1. The van der Waals surface area contributed by atoms with Gasteiger partial charge in [-0.3, -0.25) is 0 Å². The summed E-state index contributed by atoms with van der Waals surface area (Å²) in [6, 6.07) is 7.38. The van der Waals surface area contributed by atoms with Gasteiger partial charge in [-0.05, 0) is 55.0 Å². The topological polar surface area (TPSA) is 64.3 Å². The van der Waals surface area contributed by atoms with Crippen molar-refractivity contribution in [2.45, 2.75) is 39.3 Å². The molecule has 0 saturated carbocycles. The van der Waals surface area contributed by atoms with Crippen LogP contribution in [0.1, 0.15) is 39.3 Å². The van der Waals surface area contributed by atoms with Crippen molar-refractivity contribution in [3.63, 3.8) is 0 Å². The van der Waals surface area contributed by atoms with Crippen molar-refractivity contribution in [2.75, 3.05) is 6.61 Å². The van der Waals surface area contributed by atoms with Crippen molar-refractivity contribution in [3.8, 4) is 0 Å². The number of ether oxygens (including phenoxy) is 1. The van der Waals surface area contributed by atoms with Gasteiger partial charge >= 0.3 is 5.97 Å². The van der Waals surface area contributed by atoms with E-state index in [1.807, 2.05) is 16.7 Å². The number of aryl methyl sites for hydroxylation is 1. The third kappa shape index (κ3) is 3.74. The number of carbonyl (C=O) groups excluding carboxylic acids is 1. The molecule has 0 spiro atoms. The van der Waals surface area contributed by atoms with Crippen molar-refractivity contribution in [1.29, 1.82) is 0 Å². The largest absolute Gasteiger partial charge is 0.453 e. The van der Waals surface area contributed by atoms with Crippen molar-refractivity contribution in [3.05, 3.63) is 50.4 Å². The van der Waals surface area contributed by atoms with Gasteiger partial charge in [0.05, 0.1) is 17.6 Å². The fourth-order valence-electron chi connectivity index (χ4n) is 3.61. The molecular weight excluding hydrogens is 384 g/mol. The molecule has 2 heterocycles. The molecule has 1 N–H and O–H groups in total. The van der Waals surface area contributed by atoms with Crippen molar-refractivity contribution < 1.29 is 14.6 Å². The number of hydrogen-bond donors (Lipinski definition) is 1. The van der Waals surface area contributed by atoms with Gasteiger partial charge in [-0.1, -0.05) is 18.5 Å². The summed E-state index contributed by atoms with van der Waals surface area (Å²) in [7, 11) is 0. The first-order valence-electron chi connectivity index (χ1n) is 9.09. The number of halogens is 1. The van der Waals surface area contributed by atoms with E-state index in [2.05, 4.69) is 11.9 Å². The second-order valence-corrected chi connectivity index (χ2v) is 8.59. The highest BCUT2D eigenvalue weighted by molar-refractivity contribution is 7.14. The zero-order valence-electron chi connectivity index (χ0n) is 15.1. The lowest BCUT2D eigenvalue weighted by Gasteiger charge is -2.16. The molecule has 2 aromatic heterocycles. The normalized spacial score (nSPS) is 16.5. The Kier molecular flexibility index (Phi) is 5.21. The molecular formula is C20H21ClN2O3S. The lowest BCUT2D eigenvalue weighted by molar-refractivity contribution is 0.0463. The number of thiophene rings is 1. The number of hydrogen-bond acceptors (Lipinski definition) is 5.